The van der Waals surface area contributed by atoms with Crippen LogP contribution in [-0.2, 0) is 13.0 Å². The Bertz CT molecular complexity index is 404. The third-order valence-electron chi connectivity index (χ3n) is 2.90. The Morgan fingerprint density at radius 3 is 2.67 bits per heavy atom. The van der Waals surface area contributed by atoms with Crippen molar-refractivity contribution in [3.63, 3.8) is 0 Å². The van der Waals surface area contributed by atoms with Gasteiger partial charge in [0.15, 0.2) is 5.96 Å². The van der Waals surface area contributed by atoms with E-state index in [9.17, 15) is 0 Å². The second-order valence-electron chi connectivity index (χ2n) is 5.24. The normalized spacial score (nSPS) is 11.4. The summed E-state index contributed by atoms with van der Waals surface area (Å²) in [5, 5.41) is 9.94. The molecule has 0 amide bonds. The maximum atomic E-state index is 4.59. The van der Waals surface area contributed by atoms with E-state index in [-0.39, 0.29) is 24.0 Å². The van der Waals surface area contributed by atoms with Crippen LogP contribution in [0.3, 0.4) is 0 Å². The van der Waals surface area contributed by atoms with Crippen molar-refractivity contribution < 1.29 is 0 Å². The van der Waals surface area contributed by atoms with E-state index < -0.39 is 0 Å². The Labute approximate surface area is 150 Å². The van der Waals surface area contributed by atoms with E-state index in [1.807, 2.05) is 0 Å². The van der Waals surface area contributed by atoms with Crippen molar-refractivity contribution in [1.29, 1.82) is 0 Å². The van der Waals surface area contributed by atoms with Crippen LogP contribution >= 0.6 is 35.3 Å². The first-order chi connectivity index (χ1) is 9.65. The highest BCUT2D eigenvalue weighted by molar-refractivity contribution is 14.0. The third-order valence-corrected chi connectivity index (χ3v) is 3.94. The van der Waals surface area contributed by atoms with Crippen molar-refractivity contribution in [2.75, 3.05) is 13.1 Å². The number of nitrogens with one attached hydrogen (secondary N) is 2. The third kappa shape index (κ3) is 9.29. The van der Waals surface area contributed by atoms with Gasteiger partial charge in [-0.1, -0.05) is 20.8 Å². The molecule has 6 heteroatoms. The number of halogens is 1. The molecule has 0 spiro atoms. The van der Waals surface area contributed by atoms with Crippen molar-refractivity contribution >= 4 is 41.3 Å². The highest BCUT2D eigenvalue weighted by Crippen LogP contribution is 2.10. The zero-order valence-electron chi connectivity index (χ0n) is 13.6. The molecule has 0 bridgehead atoms. The number of nitrogens with zero attached hydrogens (tertiary/aromatic N) is 2. The summed E-state index contributed by atoms with van der Waals surface area (Å²) >= 11 is 1.72. The van der Waals surface area contributed by atoms with Crippen LogP contribution in [0.4, 0.5) is 0 Å². The number of aromatic nitrogens is 1. The molecule has 21 heavy (non-hydrogen) atoms. The Balaban J connectivity index is 0.00000400. The second-order valence-corrected chi connectivity index (χ2v) is 6.19. The molecule has 0 unspecified atom stereocenters. The Hall–Kier alpha value is -0.370. The van der Waals surface area contributed by atoms with E-state index in [0.29, 0.717) is 6.54 Å². The highest BCUT2D eigenvalue weighted by atomic mass is 127. The number of aryl methyl sites for hydroxylation is 1. The van der Waals surface area contributed by atoms with Crippen molar-refractivity contribution in [2.24, 2.45) is 10.9 Å². The zero-order valence-corrected chi connectivity index (χ0v) is 16.8. The van der Waals surface area contributed by atoms with Crippen molar-refractivity contribution in [3.8, 4) is 0 Å². The topological polar surface area (TPSA) is 49.3 Å². The summed E-state index contributed by atoms with van der Waals surface area (Å²) in [6.45, 7) is 11.2. The molecule has 1 heterocycles. The fraction of sp³-hybridized carbons (Fsp3) is 0.733. The number of hydrogen-bond acceptors (Lipinski definition) is 3. The number of hydrogen-bond donors (Lipinski definition) is 2. The average Bonchev–Trinajstić information content (AvgIpc) is 2.88. The van der Waals surface area contributed by atoms with Gasteiger partial charge in [-0.05, 0) is 32.1 Å². The molecule has 0 saturated heterocycles. The number of guanidine groups is 1. The van der Waals surface area contributed by atoms with Gasteiger partial charge in [-0.2, -0.15) is 0 Å². The lowest BCUT2D eigenvalue weighted by molar-refractivity contribution is 0.549. The van der Waals surface area contributed by atoms with E-state index in [0.717, 1.165) is 37.1 Å². The fourth-order valence-electron chi connectivity index (χ4n) is 1.80. The molecule has 0 atom stereocenters. The molecular formula is C15H29IN4S. The predicted molar refractivity (Wildman–Crippen MR) is 104 cm³/mol. The highest BCUT2D eigenvalue weighted by Gasteiger charge is 2.01. The minimum atomic E-state index is 0. The van der Waals surface area contributed by atoms with Crippen molar-refractivity contribution in [1.82, 2.24) is 15.6 Å². The number of thiazole rings is 1. The number of aliphatic imine (C=N–C) groups is 1. The van der Waals surface area contributed by atoms with Gasteiger partial charge < -0.3 is 10.6 Å². The van der Waals surface area contributed by atoms with Gasteiger partial charge in [-0.3, -0.25) is 0 Å². The van der Waals surface area contributed by atoms with Crippen LogP contribution in [0.1, 0.15) is 51.2 Å². The van der Waals surface area contributed by atoms with E-state index in [4.69, 9.17) is 0 Å². The lowest BCUT2D eigenvalue weighted by atomic mass is 10.1. The molecule has 1 rings (SSSR count). The summed E-state index contributed by atoms with van der Waals surface area (Å²) in [5.41, 5.74) is 1.06. The smallest absolute Gasteiger partial charge is 0.191 e. The molecule has 0 aliphatic heterocycles. The molecule has 4 nitrogen and oxygen atoms in total. The van der Waals surface area contributed by atoms with Crippen LogP contribution in [0.15, 0.2) is 10.4 Å². The monoisotopic (exact) mass is 424 g/mol. The van der Waals surface area contributed by atoms with Gasteiger partial charge >= 0.3 is 0 Å². The second kappa shape index (κ2) is 12.2. The summed E-state index contributed by atoms with van der Waals surface area (Å²) in [6, 6.07) is 0. The minimum Gasteiger partial charge on any atom is -0.357 e. The first-order valence-corrected chi connectivity index (χ1v) is 8.49. The first-order valence-electron chi connectivity index (χ1n) is 7.61. The molecule has 0 aliphatic carbocycles. The first kappa shape index (κ1) is 20.6. The summed E-state index contributed by atoms with van der Waals surface area (Å²) in [7, 11) is 0. The summed E-state index contributed by atoms with van der Waals surface area (Å²) in [4.78, 5) is 9.12. The van der Waals surface area contributed by atoms with E-state index >= 15 is 0 Å². The molecule has 1 aromatic heterocycles. The van der Waals surface area contributed by atoms with E-state index in [1.54, 1.807) is 11.3 Å². The maximum absolute atomic E-state index is 4.59. The lowest BCUT2D eigenvalue weighted by Crippen LogP contribution is -2.37. The van der Waals surface area contributed by atoms with Crippen molar-refractivity contribution in [2.45, 2.75) is 53.5 Å². The average molecular weight is 424 g/mol. The molecule has 1 aromatic rings. The largest absolute Gasteiger partial charge is 0.357 e. The van der Waals surface area contributed by atoms with E-state index in [2.05, 4.69) is 53.7 Å². The van der Waals surface area contributed by atoms with Gasteiger partial charge in [0, 0.05) is 18.5 Å². The predicted octanol–water partition coefficient (Wildman–Crippen LogP) is 3.81. The molecule has 0 radical (unpaired) electrons. The molecule has 2 N–H and O–H groups in total. The number of rotatable bonds is 8. The van der Waals surface area contributed by atoms with Crippen LogP contribution < -0.4 is 10.6 Å². The van der Waals surface area contributed by atoms with Gasteiger partial charge in [-0.15, -0.1) is 35.3 Å². The molecule has 122 valence electrons. The van der Waals surface area contributed by atoms with Crippen LogP contribution in [0, 0.1) is 5.92 Å². The van der Waals surface area contributed by atoms with Gasteiger partial charge in [0.25, 0.3) is 0 Å². The van der Waals surface area contributed by atoms with Gasteiger partial charge in [0.05, 0.1) is 17.2 Å². The molecule has 0 aliphatic rings. The van der Waals surface area contributed by atoms with Gasteiger partial charge in [0.1, 0.15) is 0 Å². The lowest BCUT2D eigenvalue weighted by Gasteiger charge is -2.11. The Morgan fingerprint density at radius 1 is 1.33 bits per heavy atom. The van der Waals surface area contributed by atoms with Crippen LogP contribution in [0.2, 0.25) is 0 Å². The molecule has 0 fully saturated rings. The summed E-state index contributed by atoms with van der Waals surface area (Å²) in [5.74, 6) is 1.65. The molecule has 0 saturated carbocycles. The molecular weight excluding hydrogens is 395 g/mol. The quantitative estimate of drug-likeness (QED) is 0.289. The SMILES string of the molecule is CCNC(=NCc1csc(CC)n1)NCCCC(C)C.I. The zero-order chi connectivity index (χ0) is 14.8. The van der Waals surface area contributed by atoms with Crippen LogP contribution in [-0.4, -0.2) is 24.0 Å². The maximum Gasteiger partial charge on any atom is 0.191 e. The summed E-state index contributed by atoms with van der Waals surface area (Å²) in [6.07, 6.45) is 3.43. The standard InChI is InChI=1S/C15H28N4S.HI/c1-5-14-19-13(11-20-14)10-18-15(16-6-2)17-9-7-8-12(3)4;/h11-12H,5-10H2,1-4H3,(H2,16,17,18);1H. The molecule has 0 aromatic carbocycles. The van der Waals surface area contributed by atoms with Crippen LogP contribution in [0.25, 0.3) is 0 Å². The van der Waals surface area contributed by atoms with Gasteiger partial charge in [-0.25, -0.2) is 9.98 Å². The van der Waals surface area contributed by atoms with Gasteiger partial charge in [0.2, 0.25) is 0 Å². The Morgan fingerprint density at radius 2 is 2.10 bits per heavy atom. The fourth-order valence-corrected chi connectivity index (χ4v) is 2.54. The van der Waals surface area contributed by atoms with Crippen LogP contribution in [0.5, 0.6) is 0 Å². The minimum absolute atomic E-state index is 0. The van der Waals surface area contributed by atoms with E-state index in [1.165, 1.54) is 17.8 Å². The summed E-state index contributed by atoms with van der Waals surface area (Å²) < 4.78 is 0. The Kier molecular flexibility index (Phi) is 12.0. The van der Waals surface area contributed by atoms with Crippen molar-refractivity contribution in [3.05, 3.63) is 16.1 Å².